The fourth-order valence-corrected chi connectivity index (χ4v) is 9.82. The number of fused-ring (bicyclic) bond motifs is 2. The first-order valence-corrected chi connectivity index (χ1v) is 19.7. The van der Waals surface area contributed by atoms with E-state index in [9.17, 15) is 19.8 Å². The number of ether oxygens (including phenoxy) is 1. The van der Waals surface area contributed by atoms with Crippen LogP contribution in [0.3, 0.4) is 0 Å². The number of piperidine rings is 1. The summed E-state index contributed by atoms with van der Waals surface area (Å²) in [4.78, 5) is 38.2. The second-order valence-corrected chi connectivity index (χ2v) is 17.1. The minimum atomic E-state index is -0.890. The Morgan fingerprint density at radius 1 is 1.15 bits per heavy atom. The number of hydrogen-bond acceptors (Lipinski definition) is 9. The van der Waals surface area contributed by atoms with E-state index in [2.05, 4.69) is 37.5 Å². The number of rotatable bonds is 13. The van der Waals surface area contributed by atoms with Gasteiger partial charge in [-0.1, -0.05) is 45.4 Å². The van der Waals surface area contributed by atoms with Crippen molar-refractivity contribution in [3.63, 3.8) is 0 Å². The molecular formula is C42H63N5O6. The Labute approximate surface area is 316 Å². The molecular weight excluding hydrogens is 670 g/mol. The van der Waals surface area contributed by atoms with Gasteiger partial charge >= 0.3 is 0 Å². The highest BCUT2D eigenvalue weighted by Crippen LogP contribution is 2.61. The van der Waals surface area contributed by atoms with Crippen LogP contribution in [0, 0.1) is 29.1 Å². The molecule has 3 aliphatic carbocycles. The SMILES string of the molecule is COc1c(CN2O[C@@H](CO)[C@H]([C@H](C)O)[C@H]2C(=O)N[C@H]2C[C@H]3C[C@@H]([C@@H]2C)C3(C)C)cccc1-c1cc(C(=O)N(C)CCC2CCCCN2)cc(N(C)C)c1. The van der Waals surface area contributed by atoms with E-state index in [1.165, 1.54) is 19.3 Å². The molecule has 7 rings (SSSR count). The number of aliphatic hydroxyl groups excluding tert-OH is 2. The van der Waals surface area contributed by atoms with E-state index >= 15 is 0 Å². The quantitative estimate of drug-likeness (QED) is 0.232. The number of carbonyl (C=O) groups excluding carboxylic acids is 2. The van der Waals surface area contributed by atoms with Crippen LogP contribution in [-0.2, 0) is 16.2 Å². The molecule has 2 bridgehead atoms. The maximum Gasteiger partial charge on any atom is 0.253 e. The molecule has 53 heavy (non-hydrogen) atoms. The summed E-state index contributed by atoms with van der Waals surface area (Å²) in [6, 6.07) is 11.4. The summed E-state index contributed by atoms with van der Waals surface area (Å²) in [7, 11) is 7.42. The standard InChI is InChI=1S/C42H63N5O6/c1-25-34-21-30(42(34,3)4)22-35(25)44-40(50)38-37(26(2)49)36(24-48)53-47(38)23-27-12-11-14-33(39(27)52-8)28-18-29(20-32(19-28)45(5)6)41(51)46(7)17-15-31-13-9-10-16-43-31/h11-12,14,18-20,25-26,30-31,34-38,43,48-49H,9-10,13,15-17,21-24H2,1-8H3,(H,44,50)/t25-,26-,30+,31?,34-,35-,36-,37-,38-/m0/s1. The maximum absolute atomic E-state index is 14.3. The van der Waals surface area contributed by atoms with Crippen LogP contribution in [0.15, 0.2) is 36.4 Å². The second kappa shape index (κ2) is 16.3. The van der Waals surface area contributed by atoms with Crippen molar-refractivity contribution in [3.05, 3.63) is 47.5 Å². The van der Waals surface area contributed by atoms with E-state index in [1.807, 2.05) is 61.3 Å². The number of carbonyl (C=O) groups is 2. The van der Waals surface area contributed by atoms with Crippen molar-refractivity contribution in [2.24, 2.45) is 29.1 Å². The second-order valence-electron chi connectivity index (χ2n) is 17.1. The maximum atomic E-state index is 14.3. The molecule has 3 saturated carbocycles. The predicted molar refractivity (Wildman–Crippen MR) is 208 cm³/mol. The normalized spacial score (nSPS) is 29.9. The third kappa shape index (κ3) is 7.96. The molecule has 0 spiro atoms. The predicted octanol–water partition coefficient (Wildman–Crippen LogP) is 4.69. The Morgan fingerprint density at radius 3 is 2.55 bits per heavy atom. The van der Waals surface area contributed by atoms with Crippen molar-refractivity contribution in [2.45, 2.75) is 103 Å². The van der Waals surface area contributed by atoms with Gasteiger partial charge in [-0.15, -0.1) is 0 Å². The van der Waals surface area contributed by atoms with Gasteiger partial charge in [0.2, 0.25) is 5.91 Å². The van der Waals surface area contributed by atoms with E-state index < -0.39 is 24.2 Å². The van der Waals surface area contributed by atoms with Gasteiger partial charge in [-0.3, -0.25) is 14.4 Å². The highest BCUT2D eigenvalue weighted by atomic mass is 16.7. The third-order valence-corrected chi connectivity index (χ3v) is 13.3. The molecule has 2 aromatic rings. The molecule has 2 heterocycles. The number of aliphatic hydroxyl groups is 2. The lowest BCUT2D eigenvalue weighted by Gasteiger charge is -2.62. The number of nitrogens with zero attached hydrogens (tertiary/aromatic N) is 3. The van der Waals surface area contributed by atoms with Gasteiger partial charge in [0.1, 0.15) is 17.9 Å². The minimum absolute atomic E-state index is 0.0347. The van der Waals surface area contributed by atoms with E-state index in [4.69, 9.17) is 9.57 Å². The zero-order chi connectivity index (χ0) is 38.2. The smallest absolute Gasteiger partial charge is 0.253 e. The van der Waals surface area contributed by atoms with Crippen molar-refractivity contribution in [2.75, 3.05) is 52.8 Å². The van der Waals surface area contributed by atoms with Gasteiger partial charge in [0.25, 0.3) is 5.91 Å². The van der Waals surface area contributed by atoms with Crippen molar-refractivity contribution in [3.8, 4) is 16.9 Å². The lowest BCUT2D eigenvalue weighted by atomic mass is 9.45. The van der Waals surface area contributed by atoms with E-state index in [-0.39, 0.29) is 36.4 Å². The molecule has 5 aliphatic rings. The largest absolute Gasteiger partial charge is 0.496 e. The first kappa shape index (κ1) is 39.5. The molecule has 1 unspecified atom stereocenters. The van der Waals surface area contributed by atoms with Crippen molar-refractivity contribution >= 4 is 17.5 Å². The number of nitrogens with one attached hydrogen (secondary N) is 2. The Morgan fingerprint density at radius 2 is 1.92 bits per heavy atom. The Hall–Kier alpha value is -3.22. The molecule has 0 radical (unpaired) electrons. The molecule has 2 aromatic carbocycles. The Kier molecular flexibility index (Phi) is 12.1. The first-order chi connectivity index (χ1) is 25.2. The van der Waals surface area contributed by atoms with Gasteiger partial charge in [0.05, 0.1) is 26.4 Å². The van der Waals surface area contributed by atoms with Gasteiger partial charge in [0, 0.05) is 68.1 Å². The summed E-state index contributed by atoms with van der Waals surface area (Å²) in [5.74, 6) is 1.23. The van der Waals surface area contributed by atoms with E-state index in [0.29, 0.717) is 41.7 Å². The summed E-state index contributed by atoms with van der Waals surface area (Å²) in [6.07, 6.45) is 5.01. The average Bonchev–Trinajstić information content (AvgIpc) is 3.52. The van der Waals surface area contributed by atoms with Gasteiger partial charge in [0.15, 0.2) is 0 Å². The molecule has 292 valence electrons. The lowest BCUT2D eigenvalue weighted by molar-refractivity contribution is -0.183. The molecule has 4 N–H and O–H groups in total. The molecule has 2 aliphatic heterocycles. The highest BCUT2D eigenvalue weighted by Gasteiger charge is 2.57. The number of methoxy groups -OCH3 is 1. The fraction of sp³-hybridized carbons (Fsp3) is 0.667. The van der Waals surface area contributed by atoms with Crippen molar-refractivity contribution in [1.82, 2.24) is 20.6 Å². The number of amides is 2. The van der Waals surface area contributed by atoms with Crippen LogP contribution in [0.25, 0.3) is 11.1 Å². The minimum Gasteiger partial charge on any atom is -0.496 e. The number of anilines is 1. The summed E-state index contributed by atoms with van der Waals surface area (Å²) in [5.41, 5.74) is 4.20. The van der Waals surface area contributed by atoms with Gasteiger partial charge < -0.3 is 35.4 Å². The Bertz CT molecular complexity index is 1610. The van der Waals surface area contributed by atoms with Crippen molar-refractivity contribution < 1.29 is 29.4 Å². The van der Waals surface area contributed by atoms with E-state index in [0.717, 1.165) is 48.2 Å². The molecule has 2 saturated heterocycles. The number of benzene rings is 2. The summed E-state index contributed by atoms with van der Waals surface area (Å²) >= 11 is 0. The summed E-state index contributed by atoms with van der Waals surface area (Å²) < 4.78 is 6.09. The van der Waals surface area contributed by atoms with E-state index in [1.54, 1.807) is 19.1 Å². The number of para-hydroxylation sites is 1. The van der Waals surface area contributed by atoms with Crippen LogP contribution in [0.1, 0.15) is 82.1 Å². The number of hydroxylamine groups is 2. The zero-order valence-electron chi connectivity index (χ0n) is 33.1. The highest BCUT2D eigenvalue weighted by molar-refractivity contribution is 5.97. The van der Waals surface area contributed by atoms with Crippen molar-refractivity contribution in [1.29, 1.82) is 0 Å². The fourth-order valence-electron chi connectivity index (χ4n) is 9.82. The average molecular weight is 734 g/mol. The molecule has 5 fully saturated rings. The summed E-state index contributed by atoms with van der Waals surface area (Å²) in [5, 5.41) is 29.9. The monoisotopic (exact) mass is 733 g/mol. The molecule has 9 atom stereocenters. The van der Waals surface area contributed by atoms with Gasteiger partial charge in [-0.2, -0.15) is 5.06 Å². The zero-order valence-corrected chi connectivity index (χ0v) is 33.1. The van der Waals surface area contributed by atoms with Gasteiger partial charge in [-0.25, -0.2) is 0 Å². The first-order valence-electron chi connectivity index (χ1n) is 19.7. The van der Waals surface area contributed by atoms with Gasteiger partial charge in [-0.05, 0) is 92.5 Å². The molecule has 11 heteroatoms. The van der Waals surface area contributed by atoms with Crippen LogP contribution in [0.2, 0.25) is 0 Å². The molecule has 2 amide bonds. The number of hydrogen-bond donors (Lipinski definition) is 4. The molecule has 0 aromatic heterocycles. The van der Waals surface area contributed by atoms with Crippen LogP contribution < -0.4 is 20.3 Å². The van der Waals surface area contributed by atoms with Crippen LogP contribution in [0.5, 0.6) is 5.75 Å². The Balaban J connectivity index is 1.26. The lowest BCUT2D eigenvalue weighted by Crippen LogP contribution is -2.62. The van der Waals surface area contributed by atoms with Crippen LogP contribution >= 0.6 is 0 Å². The molecule has 11 nitrogen and oxygen atoms in total. The summed E-state index contributed by atoms with van der Waals surface area (Å²) in [6.45, 7) is 10.1. The van der Waals surface area contributed by atoms with Crippen LogP contribution in [-0.4, -0.2) is 110 Å². The third-order valence-electron chi connectivity index (χ3n) is 13.3. The van der Waals surface area contributed by atoms with Crippen LogP contribution in [0.4, 0.5) is 5.69 Å². The topological polar surface area (TPSA) is 127 Å².